The quantitative estimate of drug-likeness (QED) is 0.562. The number of anilines is 2. The lowest BCUT2D eigenvalue weighted by molar-refractivity contribution is -0.115. The Kier molecular flexibility index (Phi) is 6.20. The summed E-state index contributed by atoms with van der Waals surface area (Å²) in [6.07, 6.45) is 0. The first-order valence-electron chi connectivity index (χ1n) is 9.82. The molecule has 8 heteroatoms. The van der Waals surface area contributed by atoms with Gasteiger partial charge >= 0.3 is 0 Å². The van der Waals surface area contributed by atoms with Gasteiger partial charge in [-0.1, -0.05) is 30.3 Å². The average Bonchev–Trinajstić information content (AvgIpc) is 3.17. The molecule has 0 radical (unpaired) electrons. The summed E-state index contributed by atoms with van der Waals surface area (Å²) in [6.45, 7) is 2.51. The molecule has 1 fully saturated rings. The standard InChI is InChI=1S/C23H22N2O4S2/c1-2-29-20-14-12-19(13-15-20)25-22(26)16-30-23(25)17-8-10-18(11-9-17)24-31(27,28)21-6-4-3-5-7-21/h3-15,23-24H,2,16H2,1H3. The van der Waals surface area contributed by atoms with Crippen molar-refractivity contribution in [1.82, 2.24) is 0 Å². The fraction of sp³-hybridized carbons (Fsp3) is 0.174. The number of nitrogens with zero attached hydrogens (tertiary/aromatic N) is 1. The van der Waals surface area contributed by atoms with Crippen LogP contribution < -0.4 is 14.4 Å². The van der Waals surface area contributed by atoms with Crippen LogP contribution in [-0.2, 0) is 14.8 Å². The summed E-state index contributed by atoms with van der Waals surface area (Å²) < 4.78 is 33.1. The molecular weight excluding hydrogens is 432 g/mol. The third-order valence-corrected chi connectivity index (χ3v) is 7.40. The Morgan fingerprint density at radius 1 is 1.00 bits per heavy atom. The van der Waals surface area contributed by atoms with Crippen LogP contribution in [-0.4, -0.2) is 26.7 Å². The maximum Gasteiger partial charge on any atom is 0.261 e. The van der Waals surface area contributed by atoms with Gasteiger partial charge in [0.15, 0.2) is 0 Å². The van der Waals surface area contributed by atoms with Crippen molar-refractivity contribution in [3.8, 4) is 5.75 Å². The molecule has 0 spiro atoms. The topological polar surface area (TPSA) is 75.7 Å². The summed E-state index contributed by atoms with van der Waals surface area (Å²) in [5, 5.41) is -0.176. The molecule has 1 aliphatic heterocycles. The molecule has 1 N–H and O–H groups in total. The van der Waals surface area contributed by atoms with Crippen molar-refractivity contribution in [3.63, 3.8) is 0 Å². The molecule has 1 unspecified atom stereocenters. The number of rotatable bonds is 7. The van der Waals surface area contributed by atoms with Crippen LogP contribution in [0.1, 0.15) is 17.9 Å². The molecule has 31 heavy (non-hydrogen) atoms. The van der Waals surface area contributed by atoms with Crippen LogP contribution in [0.5, 0.6) is 5.75 Å². The zero-order chi connectivity index (χ0) is 21.8. The van der Waals surface area contributed by atoms with E-state index in [2.05, 4.69) is 4.72 Å². The Morgan fingerprint density at radius 2 is 1.68 bits per heavy atom. The van der Waals surface area contributed by atoms with Crippen molar-refractivity contribution >= 4 is 39.1 Å². The van der Waals surface area contributed by atoms with Crippen molar-refractivity contribution in [2.75, 3.05) is 22.0 Å². The van der Waals surface area contributed by atoms with E-state index in [1.54, 1.807) is 59.1 Å². The van der Waals surface area contributed by atoms with E-state index in [9.17, 15) is 13.2 Å². The highest BCUT2D eigenvalue weighted by Crippen LogP contribution is 2.42. The molecule has 0 bridgehead atoms. The van der Waals surface area contributed by atoms with E-state index in [1.165, 1.54) is 0 Å². The third kappa shape index (κ3) is 4.70. The number of sulfonamides is 1. The van der Waals surface area contributed by atoms with Gasteiger partial charge in [-0.3, -0.25) is 14.4 Å². The van der Waals surface area contributed by atoms with Crippen molar-refractivity contribution < 1.29 is 17.9 Å². The Morgan fingerprint density at radius 3 is 2.32 bits per heavy atom. The fourth-order valence-electron chi connectivity index (χ4n) is 3.35. The van der Waals surface area contributed by atoms with Gasteiger partial charge in [0.05, 0.1) is 17.3 Å². The maximum atomic E-state index is 12.6. The molecule has 1 amide bonds. The minimum Gasteiger partial charge on any atom is -0.494 e. The highest BCUT2D eigenvalue weighted by Gasteiger charge is 2.34. The van der Waals surface area contributed by atoms with E-state index in [0.717, 1.165) is 17.0 Å². The van der Waals surface area contributed by atoms with E-state index in [4.69, 9.17) is 4.74 Å². The Hall–Kier alpha value is -2.97. The predicted octanol–water partition coefficient (Wildman–Crippen LogP) is 4.66. The summed E-state index contributed by atoms with van der Waals surface area (Å²) in [5.74, 6) is 1.19. The smallest absolute Gasteiger partial charge is 0.261 e. The molecule has 0 saturated carbocycles. The van der Waals surface area contributed by atoms with Gasteiger partial charge in [0.25, 0.3) is 10.0 Å². The summed E-state index contributed by atoms with van der Waals surface area (Å²) >= 11 is 1.54. The lowest BCUT2D eigenvalue weighted by atomic mass is 10.1. The first kappa shape index (κ1) is 21.3. The molecule has 160 valence electrons. The monoisotopic (exact) mass is 454 g/mol. The van der Waals surface area contributed by atoms with Crippen LogP contribution in [0.2, 0.25) is 0 Å². The van der Waals surface area contributed by atoms with Gasteiger partial charge in [-0.05, 0) is 61.0 Å². The van der Waals surface area contributed by atoms with Crippen LogP contribution in [0.15, 0.2) is 83.8 Å². The number of thioether (sulfide) groups is 1. The number of carbonyl (C=O) groups excluding carboxylic acids is 1. The largest absolute Gasteiger partial charge is 0.494 e. The Balaban J connectivity index is 1.53. The normalized spacial score (nSPS) is 16.4. The molecule has 1 heterocycles. The second-order valence-corrected chi connectivity index (χ2v) is 9.65. The minimum absolute atomic E-state index is 0.0352. The molecular formula is C23H22N2O4S2. The second-order valence-electron chi connectivity index (χ2n) is 6.89. The lowest BCUT2D eigenvalue weighted by Gasteiger charge is -2.24. The molecule has 3 aromatic carbocycles. The molecule has 1 atom stereocenters. The number of ether oxygens (including phenoxy) is 1. The maximum absolute atomic E-state index is 12.6. The van der Waals surface area contributed by atoms with Crippen LogP contribution in [0.3, 0.4) is 0 Å². The van der Waals surface area contributed by atoms with Gasteiger partial charge in [-0.15, -0.1) is 11.8 Å². The summed E-state index contributed by atoms with van der Waals surface area (Å²) in [4.78, 5) is 14.5. The zero-order valence-corrected chi connectivity index (χ0v) is 18.5. The van der Waals surface area contributed by atoms with Gasteiger partial charge < -0.3 is 4.74 Å². The van der Waals surface area contributed by atoms with E-state index < -0.39 is 10.0 Å². The molecule has 4 rings (SSSR count). The number of hydrogen-bond donors (Lipinski definition) is 1. The summed E-state index contributed by atoms with van der Waals surface area (Å²) in [5.41, 5.74) is 2.19. The lowest BCUT2D eigenvalue weighted by Crippen LogP contribution is -2.27. The Bertz CT molecular complexity index is 1150. The van der Waals surface area contributed by atoms with Gasteiger partial charge in [0.2, 0.25) is 5.91 Å². The van der Waals surface area contributed by atoms with Gasteiger partial charge in [-0.2, -0.15) is 0 Å². The van der Waals surface area contributed by atoms with Gasteiger partial charge in [-0.25, -0.2) is 8.42 Å². The second kappa shape index (κ2) is 9.03. The zero-order valence-electron chi connectivity index (χ0n) is 16.9. The van der Waals surface area contributed by atoms with E-state index >= 15 is 0 Å². The van der Waals surface area contributed by atoms with Crippen molar-refractivity contribution in [2.45, 2.75) is 17.2 Å². The van der Waals surface area contributed by atoms with Crippen molar-refractivity contribution in [3.05, 3.63) is 84.4 Å². The van der Waals surface area contributed by atoms with Gasteiger partial charge in [0.1, 0.15) is 11.1 Å². The number of amides is 1. The van der Waals surface area contributed by atoms with Crippen LogP contribution >= 0.6 is 11.8 Å². The van der Waals surface area contributed by atoms with E-state index in [0.29, 0.717) is 18.0 Å². The molecule has 0 aromatic heterocycles. The fourth-order valence-corrected chi connectivity index (χ4v) is 5.61. The predicted molar refractivity (Wildman–Crippen MR) is 124 cm³/mol. The average molecular weight is 455 g/mol. The Labute approximate surface area is 186 Å². The first-order valence-corrected chi connectivity index (χ1v) is 12.4. The number of benzene rings is 3. The van der Waals surface area contributed by atoms with Crippen LogP contribution in [0.4, 0.5) is 11.4 Å². The van der Waals surface area contributed by atoms with E-state index in [1.807, 2.05) is 43.3 Å². The van der Waals surface area contributed by atoms with Crippen LogP contribution in [0, 0.1) is 0 Å². The molecule has 1 saturated heterocycles. The van der Waals surface area contributed by atoms with Crippen molar-refractivity contribution in [1.29, 1.82) is 0 Å². The number of hydrogen-bond acceptors (Lipinski definition) is 5. The summed E-state index contributed by atoms with van der Waals surface area (Å²) in [7, 11) is -3.65. The van der Waals surface area contributed by atoms with Crippen LogP contribution in [0.25, 0.3) is 0 Å². The molecule has 3 aromatic rings. The third-order valence-electron chi connectivity index (χ3n) is 4.80. The number of carbonyl (C=O) groups is 1. The molecule has 1 aliphatic rings. The van der Waals surface area contributed by atoms with E-state index in [-0.39, 0.29) is 16.2 Å². The highest BCUT2D eigenvalue weighted by atomic mass is 32.2. The minimum atomic E-state index is -3.65. The molecule has 6 nitrogen and oxygen atoms in total. The highest BCUT2D eigenvalue weighted by molar-refractivity contribution is 8.00. The van der Waals surface area contributed by atoms with Crippen molar-refractivity contribution in [2.24, 2.45) is 0 Å². The van der Waals surface area contributed by atoms with Gasteiger partial charge in [0, 0.05) is 11.4 Å². The summed E-state index contributed by atoms with van der Waals surface area (Å²) in [6, 6.07) is 22.8. The first-order chi connectivity index (χ1) is 15.0. The number of nitrogens with one attached hydrogen (secondary N) is 1. The molecule has 0 aliphatic carbocycles. The SMILES string of the molecule is CCOc1ccc(N2C(=O)CSC2c2ccc(NS(=O)(=O)c3ccccc3)cc2)cc1.